The molecule has 0 saturated carbocycles. The van der Waals surface area contributed by atoms with E-state index in [2.05, 4.69) is 4.98 Å². The summed E-state index contributed by atoms with van der Waals surface area (Å²) in [5, 5.41) is 0.178. The van der Waals surface area contributed by atoms with Crippen LogP contribution < -0.4 is 5.73 Å². The van der Waals surface area contributed by atoms with Gasteiger partial charge >= 0.3 is 6.18 Å². The predicted molar refractivity (Wildman–Crippen MR) is 64.8 cm³/mol. The molecule has 0 aliphatic carbocycles. The molecule has 0 atom stereocenters. The monoisotopic (exact) mass is 288 g/mol. The van der Waals surface area contributed by atoms with Crippen LogP contribution in [0.15, 0.2) is 45.2 Å². The number of hydrogen-bond acceptors (Lipinski definition) is 4. The zero-order valence-corrected chi connectivity index (χ0v) is 10.6. The Labute approximate surface area is 112 Å². The number of hydrogen-bond donors (Lipinski definition) is 1. The maximum absolute atomic E-state index is 13.0. The molecule has 1 aromatic heterocycles. The Morgan fingerprint density at radius 3 is 2.68 bits per heavy atom. The van der Waals surface area contributed by atoms with Gasteiger partial charge in [0.1, 0.15) is 6.26 Å². The van der Waals surface area contributed by atoms with Gasteiger partial charge in [0.05, 0.1) is 11.8 Å². The molecule has 2 aromatic rings. The van der Waals surface area contributed by atoms with Crippen LogP contribution in [0, 0.1) is 0 Å². The molecule has 0 fully saturated rings. The Bertz CT molecular complexity index is 540. The Morgan fingerprint density at radius 1 is 1.32 bits per heavy atom. The summed E-state index contributed by atoms with van der Waals surface area (Å²) in [6.45, 7) is 0.309. The minimum Gasteiger partial charge on any atom is -0.440 e. The van der Waals surface area contributed by atoms with Gasteiger partial charge in [-0.15, -0.1) is 0 Å². The van der Waals surface area contributed by atoms with Crippen molar-refractivity contribution in [1.82, 2.24) is 4.98 Å². The van der Waals surface area contributed by atoms with Crippen LogP contribution in [0.5, 0.6) is 0 Å². The van der Waals surface area contributed by atoms with E-state index in [0.29, 0.717) is 18.5 Å². The zero-order valence-electron chi connectivity index (χ0n) is 9.78. The second-order valence-electron chi connectivity index (χ2n) is 3.77. The van der Waals surface area contributed by atoms with Crippen LogP contribution in [-0.2, 0) is 12.6 Å². The van der Waals surface area contributed by atoms with Gasteiger partial charge in [-0.1, -0.05) is 6.07 Å². The minimum atomic E-state index is -4.42. The minimum absolute atomic E-state index is 0.0655. The van der Waals surface area contributed by atoms with Gasteiger partial charge in [0.2, 0.25) is 0 Å². The van der Waals surface area contributed by atoms with E-state index in [9.17, 15) is 13.2 Å². The molecule has 3 nitrogen and oxygen atoms in total. The topological polar surface area (TPSA) is 52.0 Å². The number of oxazole rings is 1. The van der Waals surface area contributed by atoms with Crippen molar-refractivity contribution in [2.75, 3.05) is 6.54 Å². The predicted octanol–water partition coefficient (Wildman–Crippen LogP) is 3.35. The molecule has 0 spiro atoms. The van der Waals surface area contributed by atoms with Crippen LogP contribution in [0.2, 0.25) is 0 Å². The van der Waals surface area contributed by atoms with Gasteiger partial charge in [-0.05, 0) is 42.4 Å². The third-order valence-corrected chi connectivity index (χ3v) is 3.34. The number of alkyl halides is 3. The van der Waals surface area contributed by atoms with E-state index in [1.54, 1.807) is 6.07 Å². The summed E-state index contributed by atoms with van der Waals surface area (Å²) in [6.07, 6.45) is -1.30. The smallest absolute Gasteiger partial charge is 0.417 e. The Morgan fingerprint density at radius 2 is 2.11 bits per heavy atom. The van der Waals surface area contributed by atoms with Crippen LogP contribution >= 0.6 is 11.8 Å². The van der Waals surface area contributed by atoms with Crippen LogP contribution in [0.4, 0.5) is 13.2 Å². The Kier molecular flexibility index (Phi) is 4.16. The van der Waals surface area contributed by atoms with Crippen molar-refractivity contribution in [3.05, 3.63) is 41.8 Å². The summed E-state index contributed by atoms with van der Waals surface area (Å²) in [5.74, 6) is 0. The lowest BCUT2D eigenvalue weighted by molar-refractivity contribution is -0.139. The van der Waals surface area contributed by atoms with Gasteiger partial charge in [-0.3, -0.25) is 0 Å². The average Bonchev–Trinajstić information content (AvgIpc) is 2.83. The average molecular weight is 288 g/mol. The first kappa shape index (κ1) is 14.0. The lowest BCUT2D eigenvalue weighted by Crippen LogP contribution is -2.09. The van der Waals surface area contributed by atoms with E-state index in [4.69, 9.17) is 10.2 Å². The molecule has 0 saturated heterocycles. The number of benzene rings is 1. The normalized spacial score (nSPS) is 11.8. The van der Waals surface area contributed by atoms with Crippen LogP contribution in [-0.4, -0.2) is 11.5 Å². The van der Waals surface area contributed by atoms with Crippen molar-refractivity contribution < 1.29 is 17.6 Å². The summed E-state index contributed by atoms with van der Waals surface area (Å²) in [7, 11) is 0. The van der Waals surface area contributed by atoms with Crippen molar-refractivity contribution >= 4 is 11.8 Å². The fourth-order valence-corrected chi connectivity index (χ4v) is 2.39. The van der Waals surface area contributed by atoms with E-state index < -0.39 is 11.7 Å². The first-order valence-corrected chi connectivity index (χ1v) is 6.30. The van der Waals surface area contributed by atoms with Gasteiger partial charge in [-0.2, -0.15) is 13.2 Å². The van der Waals surface area contributed by atoms with Crippen molar-refractivity contribution in [2.24, 2.45) is 5.73 Å². The highest BCUT2D eigenvalue weighted by Crippen LogP contribution is 2.39. The lowest BCUT2D eigenvalue weighted by atomic mass is 10.1. The van der Waals surface area contributed by atoms with E-state index in [1.165, 1.54) is 18.5 Å². The maximum atomic E-state index is 13.0. The van der Waals surface area contributed by atoms with Gasteiger partial charge < -0.3 is 10.2 Å². The standard InChI is InChI=1S/C12H11F3N2OS/c13-12(14,15)9-7-8(3-4-16)1-2-10(9)19-11-17-5-6-18-11/h1-2,5-7H,3-4,16H2. The number of rotatable bonds is 4. The van der Waals surface area contributed by atoms with Gasteiger partial charge in [0, 0.05) is 4.90 Å². The number of aromatic nitrogens is 1. The van der Waals surface area contributed by atoms with E-state index in [1.807, 2.05) is 0 Å². The largest absolute Gasteiger partial charge is 0.440 e. The SMILES string of the molecule is NCCc1ccc(Sc2ncco2)c(C(F)(F)F)c1. The van der Waals surface area contributed by atoms with E-state index in [0.717, 1.165) is 17.8 Å². The summed E-state index contributed by atoms with van der Waals surface area (Å²) >= 11 is 0.846. The zero-order chi connectivity index (χ0) is 13.9. The molecular weight excluding hydrogens is 277 g/mol. The third kappa shape index (κ3) is 3.51. The summed E-state index contributed by atoms with van der Waals surface area (Å²) < 4.78 is 44.0. The molecule has 0 unspecified atom stereocenters. The van der Waals surface area contributed by atoms with Gasteiger partial charge in [0.25, 0.3) is 5.22 Å². The quantitative estimate of drug-likeness (QED) is 0.937. The molecule has 0 amide bonds. The first-order chi connectivity index (χ1) is 9.00. The van der Waals surface area contributed by atoms with E-state index >= 15 is 0 Å². The molecule has 2 N–H and O–H groups in total. The highest BCUT2D eigenvalue weighted by Gasteiger charge is 2.34. The Balaban J connectivity index is 2.36. The molecule has 0 radical (unpaired) electrons. The molecular formula is C12H11F3N2OS. The molecule has 0 aliphatic rings. The number of nitrogens with two attached hydrogens (primary N) is 1. The summed E-state index contributed by atoms with van der Waals surface area (Å²) in [5.41, 5.74) is 5.22. The second kappa shape index (κ2) is 5.66. The summed E-state index contributed by atoms with van der Waals surface area (Å²) in [4.78, 5) is 3.87. The van der Waals surface area contributed by atoms with Crippen LogP contribution in [0.3, 0.4) is 0 Å². The van der Waals surface area contributed by atoms with Gasteiger partial charge in [0.15, 0.2) is 0 Å². The van der Waals surface area contributed by atoms with E-state index in [-0.39, 0.29) is 10.1 Å². The molecule has 2 rings (SSSR count). The first-order valence-electron chi connectivity index (χ1n) is 5.48. The molecule has 0 bridgehead atoms. The fourth-order valence-electron chi connectivity index (χ4n) is 1.56. The second-order valence-corrected chi connectivity index (χ2v) is 4.76. The third-order valence-electron chi connectivity index (χ3n) is 2.39. The molecule has 1 heterocycles. The Hall–Kier alpha value is -1.47. The van der Waals surface area contributed by atoms with Crippen molar-refractivity contribution in [2.45, 2.75) is 22.7 Å². The summed E-state index contributed by atoms with van der Waals surface area (Å²) in [6, 6.07) is 4.17. The molecule has 1 aromatic carbocycles. The van der Waals surface area contributed by atoms with Crippen LogP contribution in [0.25, 0.3) is 0 Å². The molecule has 19 heavy (non-hydrogen) atoms. The molecule has 0 aliphatic heterocycles. The number of halogens is 3. The van der Waals surface area contributed by atoms with Crippen LogP contribution in [0.1, 0.15) is 11.1 Å². The lowest BCUT2D eigenvalue weighted by Gasteiger charge is -2.13. The van der Waals surface area contributed by atoms with Gasteiger partial charge in [-0.25, -0.2) is 4.98 Å². The maximum Gasteiger partial charge on any atom is 0.417 e. The van der Waals surface area contributed by atoms with Crippen molar-refractivity contribution in [3.63, 3.8) is 0 Å². The molecule has 102 valence electrons. The van der Waals surface area contributed by atoms with Crippen molar-refractivity contribution in [3.8, 4) is 0 Å². The number of nitrogens with zero attached hydrogens (tertiary/aromatic N) is 1. The van der Waals surface area contributed by atoms with Crippen molar-refractivity contribution in [1.29, 1.82) is 0 Å². The fraction of sp³-hybridized carbons (Fsp3) is 0.250. The highest BCUT2D eigenvalue weighted by molar-refractivity contribution is 7.99. The highest BCUT2D eigenvalue weighted by atomic mass is 32.2. The molecule has 7 heteroatoms.